The fourth-order valence-corrected chi connectivity index (χ4v) is 4.12. The summed E-state index contributed by atoms with van der Waals surface area (Å²) in [6.07, 6.45) is 0. The fraction of sp³-hybridized carbons (Fsp3) is 0.160. The highest BCUT2D eigenvalue weighted by atomic mass is 16.5. The molecule has 0 atom stereocenters. The van der Waals surface area contributed by atoms with Crippen LogP contribution in [0.25, 0.3) is 16.7 Å². The zero-order chi connectivity index (χ0) is 21.0. The third kappa shape index (κ3) is 2.74. The molecule has 0 aromatic heterocycles. The van der Waals surface area contributed by atoms with Crippen LogP contribution >= 0.6 is 0 Å². The first-order valence-electron chi connectivity index (χ1n) is 9.85. The number of hydrogen-bond acceptors (Lipinski definition) is 5. The zero-order valence-electron chi connectivity index (χ0n) is 17.4. The Labute approximate surface area is 174 Å². The second kappa shape index (κ2) is 6.66. The normalized spacial score (nSPS) is 13.2. The second-order valence-corrected chi connectivity index (χ2v) is 7.79. The maximum Gasteiger partial charge on any atom is 0.362 e. The predicted octanol–water partition coefficient (Wildman–Crippen LogP) is 3.96. The molecule has 0 aliphatic carbocycles. The lowest BCUT2D eigenvalue weighted by atomic mass is 9.96. The summed E-state index contributed by atoms with van der Waals surface area (Å²) in [5, 5.41) is 1.75. The number of allylic oxidation sites excluding steroid dienone is 1. The van der Waals surface area contributed by atoms with Gasteiger partial charge < -0.3 is 9.64 Å². The first kappa shape index (κ1) is 18.3. The van der Waals surface area contributed by atoms with Gasteiger partial charge in [-0.25, -0.2) is 14.8 Å². The van der Waals surface area contributed by atoms with Gasteiger partial charge in [0.1, 0.15) is 5.75 Å². The standard InChI is InChI=1S/C25H21N3O2/c1-14-22-15(2)24(25(29)30-17-9-7-8-16(12-17)28(3)4)27-21(22)13-19-18-10-5-6-11-20(18)26-23(14)19/h5-13H,1-4H3. The Kier molecular flexibility index (Phi) is 4.07. The van der Waals surface area contributed by atoms with Crippen LogP contribution in [0, 0.1) is 6.92 Å². The highest BCUT2D eigenvalue weighted by Gasteiger charge is 2.26. The zero-order valence-corrected chi connectivity index (χ0v) is 17.4. The molecule has 0 fully saturated rings. The molecule has 3 aromatic rings. The topological polar surface area (TPSA) is 54.3 Å². The fourth-order valence-electron chi connectivity index (χ4n) is 4.12. The number of fused-ring (bicyclic) bond motifs is 4. The van der Waals surface area contributed by atoms with Gasteiger partial charge in [-0.15, -0.1) is 0 Å². The van der Waals surface area contributed by atoms with E-state index in [-0.39, 0.29) is 0 Å². The highest BCUT2D eigenvalue weighted by Crippen LogP contribution is 2.34. The Balaban J connectivity index is 1.54. The lowest BCUT2D eigenvalue weighted by molar-refractivity contribution is -0.130. The van der Waals surface area contributed by atoms with Gasteiger partial charge in [0, 0.05) is 42.5 Å². The van der Waals surface area contributed by atoms with Gasteiger partial charge in [0.05, 0.1) is 16.4 Å². The van der Waals surface area contributed by atoms with Gasteiger partial charge in [-0.3, -0.25) is 0 Å². The molecule has 0 N–H and O–H groups in total. The predicted molar refractivity (Wildman–Crippen MR) is 118 cm³/mol. The average Bonchev–Trinajstić information content (AvgIpc) is 3.27. The van der Waals surface area contributed by atoms with Gasteiger partial charge in [0.25, 0.3) is 0 Å². The Bertz CT molecular complexity index is 1380. The maximum absolute atomic E-state index is 12.9. The van der Waals surface area contributed by atoms with E-state index in [0.717, 1.165) is 49.9 Å². The molecule has 0 saturated heterocycles. The molecular formula is C25H21N3O2. The summed E-state index contributed by atoms with van der Waals surface area (Å²) in [5.74, 6) is 0.0531. The van der Waals surface area contributed by atoms with Crippen LogP contribution in [-0.4, -0.2) is 20.1 Å². The van der Waals surface area contributed by atoms with Crippen LogP contribution in [0.5, 0.6) is 5.75 Å². The summed E-state index contributed by atoms with van der Waals surface area (Å²) in [6, 6.07) is 17.6. The van der Waals surface area contributed by atoms with Crippen molar-refractivity contribution in [2.45, 2.75) is 13.8 Å². The summed E-state index contributed by atoms with van der Waals surface area (Å²) < 4.78 is 5.65. The monoisotopic (exact) mass is 395 g/mol. The van der Waals surface area contributed by atoms with Crippen molar-refractivity contribution in [2.24, 2.45) is 9.98 Å². The van der Waals surface area contributed by atoms with Gasteiger partial charge in [0.15, 0.2) is 5.70 Å². The van der Waals surface area contributed by atoms with E-state index in [9.17, 15) is 4.79 Å². The summed E-state index contributed by atoms with van der Waals surface area (Å²) >= 11 is 0. The molecule has 0 spiro atoms. The molecule has 3 aromatic carbocycles. The number of rotatable bonds is 3. The molecule has 5 rings (SSSR count). The van der Waals surface area contributed by atoms with Crippen LogP contribution in [0.2, 0.25) is 0 Å². The summed E-state index contributed by atoms with van der Waals surface area (Å²) in [5.41, 5.74) is 7.28. The minimum atomic E-state index is -0.448. The van der Waals surface area contributed by atoms with E-state index in [1.165, 1.54) is 0 Å². The summed E-state index contributed by atoms with van der Waals surface area (Å²) in [6.45, 7) is 3.96. The number of anilines is 1. The molecule has 2 aliphatic heterocycles. The molecule has 0 bridgehead atoms. The number of para-hydroxylation sites is 1. The van der Waals surface area contributed by atoms with Crippen molar-refractivity contribution in [2.75, 3.05) is 19.0 Å². The third-order valence-electron chi connectivity index (χ3n) is 5.65. The molecule has 2 heterocycles. The molecule has 0 amide bonds. The van der Waals surface area contributed by atoms with Crippen molar-refractivity contribution in [3.8, 4) is 16.9 Å². The minimum absolute atomic E-state index is 0.348. The van der Waals surface area contributed by atoms with Crippen LogP contribution in [0.1, 0.15) is 18.1 Å². The van der Waals surface area contributed by atoms with Crippen LogP contribution in [0.15, 0.2) is 70.3 Å². The Morgan fingerprint density at radius 1 is 0.933 bits per heavy atom. The molecule has 0 radical (unpaired) electrons. The van der Waals surface area contributed by atoms with Crippen molar-refractivity contribution in [3.05, 3.63) is 82.1 Å². The van der Waals surface area contributed by atoms with Crippen LogP contribution in [0.3, 0.4) is 0 Å². The highest BCUT2D eigenvalue weighted by molar-refractivity contribution is 6.00. The molecule has 148 valence electrons. The molecule has 0 saturated carbocycles. The van der Waals surface area contributed by atoms with Gasteiger partial charge in [-0.05, 0) is 49.2 Å². The smallest absolute Gasteiger partial charge is 0.362 e. The van der Waals surface area contributed by atoms with Crippen LogP contribution < -0.4 is 20.4 Å². The lowest BCUT2D eigenvalue weighted by Gasteiger charge is -2.13. The van der Waals surface area contributed by atoms with Crippen molar-refractivity contribution < 1.29 is 9.53 Å². The molecule has 2 aliphatic rings. The van der Waals surface area contributed by atoms with E-state index in [4.69, 9.17) is 9.73 Å². The van der Waals surface area contributed by atoms with Gasteiger partial charge in [-0.2, -0.15) is 0 Å². The van der Waals surface area contributed by atoms with Gasteiger partial charge in [-0.1, -0.05) is 24.3 Å². The van der Waals surface area contributed by atoms with Crippen molar-refractivity contribution in [1.82, 2.24) is 0 Å². The molecule has 0 unspecified atom stereocenters. The van der Waals surface area contributed by atoms with E-state index < -0.39 is 5.97 Å². The van der Waals surface area contributed by atoms with E-state index in [2.05, 4.69) is 11.1 Å². The van der Waals surface area contributed by atoms with Crippen LogP contribution in [-0.2, 0) is 4.79 Å². The van der Waals surface area contributed by atoms with Crippen molar-refractivity contribution in [1.29, 1.82) is 0 Å². The largest absolute Gasteiger partial charge is 0.422 e. The Morgan fingerprint density at radius 3 is 2.53 bits per heavy atom. The van der Waals surface area contributed by atoms with Crippen LogP contribution in [0.4, 0.5) is 11.4 Å². The minimum Gasteiger partial charge on any atom is -0.422 e. The van der Waals surface area contributed by atoms with Crippen molar-refractivity contribution >= 4 is 22.9 Å². The lowest BCUT2D eigenvalue weighted by Crippen LogP contribution is -2.18. The number of carbonyl (C=O) groups excluding carboxylic acids is 1. The third-order valence-corrected chi connectivity index (χ3v) is 5.65. The Morgan fingerprint density at radius 2 is 1.73 bits per heavy atom. The van der Waals surface area contributed by atoms with E-state index in [1.807, 2.05) is 75.3 Å². The van der Waals surface area contributed by atoms with Gasteiger partial charge >= 0.3 is 5.97 Å². The first-order valence-corrected chi connectivity index (χ1v) is 9.85. The van der Waals surface area contributed by atoms with E-state index >= 15 is 0 Å². The SMILES string of the molecule is CC1=C(C(=O)Oc2cccc(N(C)C)c2)N=c2cc3c(c(C)c21)=Nc1ccccc1-3. The van der Waals surface area contributed by atoms with E-state index in [0.29, 0.717) is 11.4 Å². The number of esters is 1. The first-order chi connectivity index (χ1) is 14.4. The number of carbonyl (C=O) groups is 1. The maximum atomic E-state index is 12.9. The second-order valence-electron chi connectivity index (χ2n) is 7.79. The molecule has 5 heteroatoms. The average molecular weight is 395 g/mol. The van der Waals surface area contributed by atoms with Gasteiger partial charge in [0.2, 0.25) is 0 Å². The van der Waals surface area contributed by atoms with E-state index in [1.54, 1.807) is 6.07 Å². The van der Waals surface area contributed by atoms with Crippen molar-refractivity contribution in [3.63, 3.8) is 0 Å². The number of hydrogen-bond donors (Lipinski definition) is 0. The Hall–Kier alpha value is -3.73. The summed E-state index contributed by atoms with van der Waals surface area (Å²) in [4.78, 5) is 24.3. The number of ether oxygens (including phenoxy) is 1. The molecule has 30 heavy (non-hydrogen) atoms. The quantitative estimate of drug-likeness (QED) is 0.390. The number of nitrogens with zero attached hydrogens (tertiary/aromatic N) is 3. The number of benzene rings is 3. The molecule has 5 nitrogen and oxygen atoms in total. The molecular weight excluding hydrogens is 374 g/mol. The summed E-state index contributed by atoms with van der Waals surface area (Å²) in [7, 11) is 3.89.